The molecule has 0 bridgehead atoms. The molecule has 3 nitrogen and oxygen atoms in total. The lowest BCUT2D eigenvalue weighted by atomic mass is 10.1. The fraction of sp³-hybridized carbons (Fsp3) is 0.417. The molecule has 0 spiro atoms. The van der Waals surface area contributed by atoms with Gasteiger partial charge in [0.2, 0.25) is 5.91 Å². The van der Waals surface area contributed by atoms with Crippen LogP contribution in [0.1, 0.15) is 13.3 Å². The molecular weight excluding hydrogens is 226 g/mol. The predicted octanol–water partition coefficient (Wildman–Crippen LogP) is 1.91. The zero-order valence-electron chi connectivity index (χ0n) is 9.91. The summed E-state index contributed by atoms with van der Waals surface area (Å²) >= 11 is 0. The lowest BCUT2D eigenvalue weighted by Gasteiger charge is -2.22. The smallest absolute Gasteiger partial charge is 0.231 e. The van der Waals surface area contributed by atoms with E-state index in [0.717, 1.165) is 12.1 Å². The Balaban J connectivity index is 2.92. The number of anilines is 1. The molecule has 0 aliphatic heterocycles. The molecule has 0 saturated heterocycles. The van der Waals surface area contributed by atoms with Crippen LogP contribution in [-0.4, -0.2) is 19.5 Å². The number of carbonyl (C=O) groups is 1. The number of benzene rings is 1. The van der Waals surface area contributed by atoms with Crippen LogP contribution in [0.2, 0.25) is 0 Å². The van der Waals surface area contributed by atoms with Gasteiger partial charge in [-0.05, 0) is 18.6 Å². The fourth-order valence-corrected chi connectivity index (χ4v) is 1.54. The molecule has 0 heterocycles. The molecule has 17 heavy (non-hydrogen) atoms. The van der Waals surface area contributed by atoms with E-state index in [9.17, 15) is 13.6 Å². The highest BCUT2D eigenvalue weighted by atomic mass is 19.2. The van der Waals surface area contributed by atoms with Gasteiger partial charge in [-0.25, -0.2) is 8.78 Å². The number of halogens is 2. The normalized spacial score (nSPS) is 12.3. The summed E-state index contributed by atoms with van der Waals surface area (Å²) in [5, 5.41) is 0. The van der Waals surface area contributed by atoms with Crippen LogP contribution in [0.15, 0.2) is 18.2 Å². The van der Waals surface area contributed by atoms with Crippen molar-refractivity contribution in [2.24, 2.45) is 11.7 Å². The van der Waals surface area contributed by atoms with Gasteiger partial charge in [0.05, 0.1) is 5.92 Å². The maximum atomic E-state index is 13.0. The van der Waals surface area contributed by atoms with E-state index in [4.69, 9.17) is 5.73 Å². The largest absolute Gasteiger partial charge is 0.330 e. The second-order valence-electron chi connectivity index (χ2n) is 3.84. The summed E-state index contributed by atoms with van der Waals surface area (Å²) in [5.74, 6) is -2.39. The Hall–Kier alpha value is -1.49. The van der Waals surface area contributed by atoms with E-state index in [2.05, 4.69) is 0 Å². The molecule has 1 aromatic carbocycles. The zero-order valence-corrected chi connectivity index (χ0v) is 9.91. The van der Waals surface area contributed by atoms with Crippen molar-refractivity contribution in [3.05, 3.63) is 29.8 Å². The van der Waals surface area contributed by atoms with Crippen LogP contribution in [-0.2, 0) is 4.79 Å². The van der Waals surface area contributed by atoms with Gasteiger partial charge in [0.1, 0.15) is 0 Å². The van der Waals surface area contributed by atoms with Crippen molar-refractivity contribution in [2.75, 3.05) is 18.5 Å². The predicted molar refractivity (Wildman–Crippen MR) is 62.6 cm³/mol. The van der Waals surface area contributed by atoms with Crippen LogP contribution in [0.3, 0.4) is 0 Å². The minimum atomic E-state index is -0.969. The monoisotopic (exact) mass is 242 g/mol. The first-order valence-corrected chi connectivity index (χ1v) is 5.44. The number of hydrogen-bond acceptors (Lipinski definition) is 2. The standard InChI is InChI=1S/C12H16F2N2O/c1-3-8(7-15)12(17)16(2)9-4-5-10(13)11(14)6-9/h4-6,8H,3,7,15H2,1-2H3. The Labute approximate surface area is 99.2 Å². The van der Waals surface area contributed by atoms with Crippen LogP contribution in [0, 0.1) is 17.6 Å². The van der Waals surface area contributed by atoms with Crippen molar-refractivity contribution in [1.82, 2.24) is 0 Å². The van der Waals surface area contributed by atoms with Crippen LogP contribution in [0.25, 0.3) is 0 Å². The SMILES string of the molecule is CCC(CN)C(=O)N(C)c1ccc(F)c(F)c1. The highest BCUT2D eigenvalue weighted by Gasteiger charge is 2.20. The summed E-state index contributed by atoms with van der Waals surface area (Å²) in [6.45, 7) is 2.10. The molecule has 2 N–H and O–H groups in total. The lowest BCUT2D eigenvalue weighted by molar-refractivity contribution is -0.121. The van der Waals surface area contributed by atoms with Gasteiger partial charge in [-0.1, -0.05) is 6.92 Å². The third kappa shape index (κ3) is 3.00. The van der Waals surface area contributed by atoms with E-state index >= 15 is 0 Å². The molecule has 0 aromatic heterocycles. The van der Waals surface area contributed by atoms with E-state index in [1.165, 1.54) is 18.0 Å². The van der Waals surface area contributed by atoms with Gasteiger partial charge < -0.3 is 10.6 Å². The van der Waals surface area contributed by atoms with E-state index in [1.54, 1.807) is 0 Å². The van der Waals surface area contributed by atoms with Crippen LogP contribution >= 0.6 is 0 Å². The Morgan fingerprint density at radius 3 is 2.53 bits per heavy atom. The first-order valence-electron chi connectivity index (χ1n) is 5.44. The Morgan fingerprint density at radius 2 is 2.06 bits per heavy atom. The van der Waals surface area contributed by atoms with Gasteiger partial charge in [0.25, 0.3) is 0 Å². The molecular formula is C12H16F2N2O. The van der Waals surface area contributed by atoms with E-state index in [-0.39, 0.29) is 18.4 Å². The molecule has 1 amide bonds. The second-order valence-corrected chi connectivity index (χ2v) is 3.84. The average molecular weight is 242 g/mol. The van der Waals surface area contributed by atoms with Gasteiger partial charge in [-0.2, -0.15) is 0 Å². The molecule has 94 valence electrons. The van der Waals surface area contributed by atoms with Gasteiger partial charge in [-0.3, -0.25) is 4.79 Å². The van der Waals surface area contributed by atoms with Crippen molar-refractivity contribution in [3.8, 4) is 0 Å². The van der Waals surface area contributed by atoms with Crippen molar-refractivity contribution < 1.29 is 13.6 Å². The number of rotatable bonds is 4. The molecule has 0 fully saturated rings. The Morgan fingerprint density at radius 1 is 1.41 bits per heavy atom. The van der Waals surface area contributed by atoms with Gasteiger partial charge in [0.15, 0.2) is 11.6 Å². The minimum absolute atomic E-state index is 0.194. The molecule has 0 aliphatic carbocycles. The van der Waals surface area contributed by atoms with Gasteiger partial charge in [0, 0.05) is 25.3 Å². The fourth-order valence-electron chi connectivity index (χ4n) is 1.54. The van der Waals surface area contributed by atoms with Gasteiger partial charge >= 0.3 is 0 Å². The summed E-state index contributed by atoms with van der Waals surface area (Å²) in [6, 6.07) is 3.36. The maximum absolute atomic E-state index is 13.0. The van der Waals surface area contributed by atoms with E-state index in [1.807, 2.05) is 6.92 Å². The maximum Gasteiger partial charge on any atom is 0.231 e. The van der Waals surface area contributed by atoms with E-state index < -0.39 is 11.6 Å². The Kier molecular flexibility index (Phi) is 4.57. The lowest BCUT2D eigenvalue weighted by Crippen LogP contribution is -2.36. The van der Waals surface area contributed by atoms with Crippen LogP contribution in [0.5, 0.6) is 0 Å². The number of carbonyl (C=O) groups excluding carboxylic acids is 1. The number of amides is 1. The molecule has 0 aliphatic rings. The summed E-state index contributed by atoms with van der Waals surface area (Å²) in [7, 11) is 1.52. The summed E-state index contributed by atoms with van der Waals surface area (Å²) in [6.07, 6.45) is 0.614. The topological polar surface area (TPSA) is 46.3 Å². The third-order valence-electron chi connectivity index (χ3n) is 2.75. The minimum Gasteiger partial charge on any atom is -0.330 e. The highest BCUT2D eigenvalue weighted by Crippen LogP contribution is 2.19. The molecule has 1 aromatic rings. The van der Waals surface area contributed by atoms with Crippen LogP contribution < -0.4 is 10.6 Å². The Bertz CT molecular complexity index is 405. The second kappa shape index (κ2) is 5.72. The summed E-state index contributed by atoms with van der Waals surface area (Å²) in [5.41, 5.74) is 5.79. The van der Waals surface area contributed by atoms with Crippen molar-refractivity contribution in [1.29, 1.82) is 0 Å². The average Bonchev–Trinajstić information content (AvgIpc) is 2.33. The molecule has 1 atom stereocenters. The van der Waals surface area contributed by atoms with E-state index in [0.29, 0.717) is 12.1 Å². The summed E-state index contributed by atoms with van der Waals surface area (Å²) < 4.78 is 25.8. The molecule has 5 heteroatoms. The quantitative estimate of drug-likeness (QED) is 0.876. The number of nitrogens with zero attached hydrogens (tertiary/aromatic N) is 1. The third-order valence-corrected chi connectivity index (χ3v) is 2.75. The highest BCUT2D eigenvalue weighted by molar-refractivity contribution is 5.94. The molecule has 0 saturated carbocycles. The van der Waals surface area contributed by atoms with Crippen molar-refractivity contribution >= 4 is 11.6 Å². The summed E-state index contributed by atoms with van der Waals surface area (Å²) in [4.78, 5) is 13.2. The molecule has 1 rings (SSSR count). The molecule has 1 unspecified atom stereocenters. The van der Waals surface area contributed by atoms with Crippen molar-refractivity contribution in [2.45, 2.75) is 13.3 Å². The number of hydrogen-bond donors (Lipinski definition) is 1. The first-order chi connectivity index (χ1) is 8.01. The molecule has 0 radical (unpaired) electrons. The zero-order chi connectivity index (χ0) is 13.0. The van der Waals surface area contributed by atoms with Crippen molar-refractivity contribution in [3.63, 3.8) is 0 Å². The first kappa shape index (κ1) is 13.6. The number of nitrogens with two attached hydrogens (primary N) is 1. The van der Waals surface area contributed by atoms with Crippen LogP contribution in [0.4, 0.5) is 14.5 Å². The van der Waals surface area contributed by atoms with Gasteiger partial charge in [-0.15, -0.1) is 0 Å².